The molecule has 0 saturated heterocycles. The van der Waals surface area contributed by atoms with E-state index in [1.165, 1.54) is 32.2 Å². The number of amides is 1. The Hall–Kier alpha value is -3.45. The van der Waals surface area contributed by atoms with Gasteiger partial charge < -0.3 is 24.7 Å². The Labute approximate surface area is 177 Å². The van der Waals surface area contributed by atoms with Crippen LogP contribution in [0.25, 0.3) is 0 Å². The average Bonchev–Trinajstić information content (AvgIpc) is 2.66. The maximum atomic E-state index is 12.7. The van der Waals surface area contributed by atoms with Gasteiger partial charge in [-0.05, 0) is 42.8 Å². The number of nitrogens with one attached hydrogen (secondary N) is 1. The number of halogens is 1. The van der Waals surface area contributed by atoms with E-state index in [0.717, 1.165) is 0 Å². The molecule has 8 heteroatoms. The lowest BCUT2D eigenvalue weighted by Crippen LogP contribution is -2.21. The molecule has 3 rings (SSSR count). The van der Waals surface area contributed by atoms with Crippen LogP contribution in [-0.4, -0.2) is 23.2 Å². The number of hydrogen-bond donors (Lipinski definition) is 3. The molecule has 0 fully saturated rings. The summed E-state index contributed by atoms with van der Waals surface area (Å²) < 4.78 is 10.2. The van der Waals surface area contributed by atoms with Crippen molar-refractivity contribution in [3.8, 4) is 17.2 Å². The van der Waals surface area contributed by atoms with Crippen molar-refractivity contribution < 1.29 is 24.2 Å². The van der Waals surface area contributed by atoms with Crippen LogP contribution in [0.3, 0.4) is 0 Å². The van der Waals surface area contributed by atoms with E-state index in [1.54, 1.807) is 30.3 Å². The zero-order chi connectivity index (χ0) is 21.8. The number of ether oxygens (including phenoxy) is 1. The fraction of sp³-hybridized carbons (Fsp3) is 0.182. The number of benzene rings is 2. The summed E-state index contributed by atoms with van der Waals surface area (Å²) in [5.74, 6) is -1.28. The van der Waals surface area contributed by atoms with E-state index in [9.17, 15) is 19.8 Å². The summed E-state index contributed by atoms with van der Waals surface area (Å²) in [6, 6.07) is 12.4. The molecule has 0 aliphatic heterocycles. The highest BCUT2D eigenvalue weighted by Gasteiger charge is 2.26. The van der Waals surface area contributed by atoms with Crippen molar-refractivity contribution in [2.75, 3.05) is 12.4 Å². The average molecular weight is 430 g/mol. The van der Waals surface area contributed by atoms with Gasteiger partial charge in [-0.25, -0.2) is 4.79 Å². The zero-order valence-corrected chi connectivity index (χ0v) is 17.1. The third-order valence-corrected chi connectivity index (χ3v) is 4.78. The number of anilines is 1. The van der Waals surface area contributed by atoms with E-state index in [0.29, 0.717) is 16.3 Å². The molecular weight excluding hydrogens is 410 g/mol. The van der Waals surface area contributed by atoms with Crippen LogP contribution >= 0.6 is 11.6 Å². The summed E-state index contributed by atoms with van der Waals surface area (Å²) in [6.07, 6.45) is -0.195. The normalized spacial score (nSPS) is 11.7. The van der Waals surface area contributed by atoms with E-state index < -0.39 is 17.5 Å². The SMILES string of the molecule is COc1ccc([C@H](CC(=O)Nc2cccc(Cl)c2)c2c(O)cc(C)oc2=O)cc1O. The second-order valence-corrected chi connectivity index (χ2v) is 7.13. The van der Waals surface area contributed by atoms with Crippen LogP contribution in [0.2, 0.25) is 5.02 Å². The molecule has 0 aliphatic rings. The molecule has 3 aromatic rings. The predicted octanol–water partition coefficient (Wildman–Crippen LogP) is 4.18. The van der Waals surface area contributed by atoms with Gasteiger partial charge in [-0.3, -0.25) is 4.79 Å². The molecule has 0 saturated carbocycles. The largest absolute Gasteiger partial charge is 0.507 e. The van der Waals surface area contributed by atoms with E-state index >= 15 is 0 Å². The van der Waals surface area contributed by atoms with Crippen LogP contribution in [0.1, 0.15) is 29.2 Å². The molecule has 0 aliphatic carbocycles. The molecule has 0 bridgehead atoms. The number of carbonyl (C=O) groups is 1. The number of carbonyl (C=O) groups excluding carboxylic acids is 1. The Morgan fingerprint density at radius 3 is 2.57 bits per heavy atom. The predicted molar refractivity (Wildman–Crippen MR) is 113 cm³/mol. The first-order valence-corrected chi connectivity index (χ1v) is 9.42. The molecule has 1 amide bonds. The van der Waals surface area contributed by atoms with Crippen molar-refractivity contribution in [2.45, 2.75) is 19.3 Å². The fourth-order valence-corrected chi connectivity index (χ4v) is 3.39. The van der Waals surface area contributed by atoms with Gasteiger partial charge in [0.1, 0.15) is 11.5 Å². The standard InChI is InChI=1S/C22H20ClNO6/c1-12-8-18(26)21(22(28)30-12)16(13-6-7-19(29-2)17(25)9-13)11-20(27)24-15-5-3-4-14(23)10-15/h3-10,16,25-26H,11H2,1-2H3,(H,24,27)/t16-/m0/s1. The molecule has 7 nitrogen and oxygen atoms in total. The molecular formula is C22H20ClNO6. The van der Waals surface area contributed by atoms with E-state index in [4.69, 9.17) is 20.8 Å². The highest BCUT2D eigenvalue weighted by atomic mass is 35.5. The first-order valence-electron chi connectivity index (χ1n) is 9.04. The van der Waals surface area contributed by atoms with Crippen LogP contribution in [-0.2, 0) is 4.79 Å². The third-order valence-electron chi connectivity index (χ3n) is 4.54. The Bertz CT molecular complexity index is 1140. The van der Waals surface area contributed by atoms with Crippen molar-refractivity contribution in [3.05, 3.63) is 80.9 Å². The highest BCUT2D eigenvalue weighted by Crippen LogP contribution is 2.36. The second kappa shape index (κ2) is 8.92. The van der Waals surface area contributed by atoms with Crippen molar-refractivity contribution in [2.24, 2.45) is 0 Å². The van der Waals surface area contributed by atoms with Gasteiger partial charge in [0.05, 0.1) is 12.7 Å². The van der Waals surface area contributed by atoms with Gasteiger partial charge in [0.15, 0.2) is 11.5 Å². The summed E-state index contributed by atoms with van der Waals surface area (Å²) in [5, 5.41) is 23.8. The molecule has 0 spiro atoms. The number of aromatic hydroxyl groups is 2. The molecule has 0 unspecified atom stereocenters. The minimum Gasteiger partial charge on any atom is -0.507 e. The van der Waals surface area contributed by atoms with Gasteiger partial charge in [0, 0.05) is 29.1 Å². The topological polar surface area (TPSA) is 109 Å². The molecule has 156 valence electrons. The lowest BCUT2D eigenvalue weighted by molar-refractivity contribution is -0.116. The van der Waals surface area contributed by atoms with Crippen LogP contribution in [0, 0.1) is 6.92 Å². The molecule has 2 aromatic carbocycles. The van der Waals surface area contributed by atoms with Gasteiger partial charge in [0.25, 0.3) is 0 Å². The number of aryl methyl sites for hydroxylation is 1. The molecule has 30 heavy (non-hydrogen) atoms. The molecule has 1 aromatic heterocycles. The lowest BCUT2D eigenvalue weighted by atomic mass is 9.88. The second-order valence-electron chi connectivity index (χ2n) is 6.69. The van der Waals surface area contributed by atoms with Crippen LogP contribution in [0.15, 0.2) is 57.7 Å². The van der Waals surface area contributed by atoms with Gasteiger partial charge in [0.2, 0.25) is 5.91 Å². The number of phenols is 1. The Kier molecular flexibility index (Phi) is 6.32. The van der Waals surface area contributed by atoms with Crippen LogP contribution < -0.4 is 15.7 Å². The minimum absolute atomic E-state index is 0.0774. The van der Waals surface area contributed by atoms with Crippen molar-refractivity contribution in [1.29, 1.82) is 0 Å². The summed E-state index contributed by atoms with van der Waals surface area (Å²) in [6.45, 7) is 1.53. The first-order chi connectivity index (χ1) is 14.3. The van der Waals surface area contributed by atoms with E-state index in [2.05, 4.69) is 5.32 Å². The number of phenolic OH excluding ortho intramolecular Hbond substituents is 1. The van der Waals surface area contributed by atoms with Crippen LogP contribution in [0.4, 0.5) is 5.69 Å². The van der Waals surface area contributed by atoms with Crippen LogP contribution in [0.5, 0.6) is 17.2 Å². The number of methoxy groups -OCH3 is 1. The van der Waals surface area contributed by atoms with E-state index in [-0.39, 0.29) is 35.0 Å². The summed E-state index contributed by atoms with van der Waals surface area (Å²) in [7, 11) is 1.41. The van der Waals surface area contributed by atoms with E-state index in [1.807, 2.05) is 0 Å². The maximum absolute atomic E-state index is 12.7. The van der Waals surface area contributed by atoms with Crippen molar-refractivity contribution in [3.63, 3.8) is 0 Å². The maximum Gasteiger partial charge on any atom is 0.343 e. The minimum atomic E-state index is -0.877. The highest BCUT2D eigenvalue weighted by molar-refractivity contribution is 6.30. The monoisotopic (exact) mass is 429 g/mol. The summed E-state index contributed by atoms with van der Waals surface area (Å²) >= 11 is 5.95. The first kappa shape index (κ1) is 21.3. The van der Waals surface area contributed by atoms with Crippen molar-refractivity contribution in [1.82, 2.24) is 0 Å². The Morgan fingerprint density at radius 2 is 1.93 bits per heavy atom. The zero-order valence-electron chi connectivity index (χ0n) is 16.3. The number of rotatable bonds is 6. The molecule has 3 N–H and O–H groups in total. The van der Waals surface area contributed by atoms with Gasteiger partial charge in [-0.1, -0.05) is 23.7 Å². The number of hydrogen-bond acceptors (Lipinski definition) is 6. The third kappa shape index (κ3) is 4.75. The quantitative estimate of drug-likeness (QED) is 0.542. The molecule has 1 atom stereocenters. The Morgan fingerprint density at radius 1 is 1.17 bits per heavy atom. The van der Waals surface area contributed by atoms with Gasteiger partial charge >= 0.3 is 5.63 Å². The molecule has 0 radical (unpaired) electrons. The summed E-state index contributed by atoms with van der Waals surface area (Å²) in [4.78, 5) is 25.2. The Balaban J connectivity index is 2.01. The van der Waals surface area contributed by atoms with Crippen molar-refractivity contribution >= 4 is 23.2 Å². The lowest BCUT2D eigenvalue weighted by Gasteiger charge is -2.19. The summed E-state index contributed by atoms with van der Waals surface area (Å²) in [5.41, 5.74) is 0.0831. The van der Waals surface area contributed by atoms with Gasteiger partial charge in [-0.2, -0.15) is 0 Å². The smallest absolute Gasteiger partial charge is 0.343 e. The fourth-order valence-electron chi connectivity index (χ4n) is 3.20. The molecule has 1 heterocycles. The van der Waals surface area contributed by atoms with Gasteiger partial charge in [-0.15, -0.1) is 0 Å².